The van der Waals surface area contributed by atoms with Crippen molar-refractivity contribution >= 4 is 5.97 Å². The van der Waals surface area contributed by atoms with Crippen molar-refractivity contribution in [3.05, 3.63) is 66.7 Å². The van der Waals surface area contributed by atoms with E-state index in [4.69, 9.17) is 15.1 Å². The van der Waals surface area contributed by atoms with Crippen molar-refractivity contribution in [1.29, 1.82) is 5.26 Å². The van der Waals surface area contributed by atoms with Gasteiger partial charge in [0.15, 0.2) is 0 Å². The molecular weight excluding hydrogens is 338 g/mol. The second-order valence-corrected chi connectivity index (χ2v) is 6.12. The number of unbranched alkanes of at least 4 members (excludes halogenated alkanes) is 4. The molecule has 0 bridgehead atoms. The Morgan fingerprint density at radius 2 is 1.63 bits per heavy atom. The molecule has 27 heavy (non-hydrogen) atoms. The zero-order valence-electron chi connectivity index (χ0n) is 15.9. The summed E-state index contributed by atoms with van der Waals surface area (Å²) in [6.45, 7) is 5.33. The highest BCUT2D eigenvalue weighted by atomic mass is 16.5. The smallest absolute Gasteiger partial charge is 0.330 e. The van der Waals surface area contributed by atoms with E-state index in [0.29, 0.717) is 6.42 Å². The average molecular weight is 365 g/mol. The summed E-state index contributed by atoms with van der Waals surface area (Å²) in [7, 11) is 0. The van der Waals surface area contributed by atoms with Crippen LogP contribution >= 0.6 is 0 Å². The van der Waals surface area contributed by atoms with Gasteiger partial charge in [0.25, 0.3) is 0 Å². The predicted octanol–water partition coefficient (Wildman–Crippen LogP) is 5.85. The van der Waals surface area contributed by atoms with Gasteiger partial charge in [-0.15, -0.1) is 0 Å². The first-order valence-electron chi connectivity index (χ1n) is 9.09. The second-order valence-electron chi connectivity index (χ2n) is 6.12. The van der Waals surface area contributed by atoms with Gasteiger partial charge in [-0.05, 0) is 31.4 Å². The van der Waals surface area contributed by atoms with Crippen LogP contribution in [0.1, 0.15) is 39.0 Å². The van der Waals surface area contributed by atoms with Gasteiger partial charge in [-0.3, -0.25) is 0 Å². The topological polar surface area (TPSA) is 70.3 Å². The normalized spacial score (nSPS) is 9.48. The van der Waals surface area contributed by atoms with Gasteiger partial charge in [0.2, 0.25) is 0 Å². The van der Waals surface area contributed by atoms with E-state index in [-0.39, 0.29) is 5.57 Å². The third-order valence-corrected chi connectivity index (χ3v) is 3.78. The summed E-state index contributed by atoms with van der Waals surface area (Å²) in [5.74, 6) is 0.00993. The summed E-state index contributed by atoms with van der Waals surface area (Å²) in [5, 5.41) is 16.4. The van der Waals surface area contributed by atoms with Crippen LogP contribution in [0.15, 0.2) is 66.7 Å². The van der Waals surface area contributed by atoms with Crippen molar-refractivity contribution in [2.24, 2.45) is 0 Å². The molecule has 142 valence electrons. The Balaban J connectivity index is 0.000000527. The van der Waals surface area contributed by atoms with Gasteiger partial charge >= 0.3 is 5.97 Å². The summed E-state index contributed by atoms with van der Waals surface area (Å²) in [6, 6.07) is 20.7. The lowest BCUT2D eigenvalue weighted by Gasteiger charge is -2.11. The van der Waals surface area contributed by atoms with E-state index in [1.54, 1.807) is 0 Å². The molecule has 2 aromatic carbocycles. The summed E-state index contributed by atoms with van der Waals surface area (Å²) in [5.41, 5.74) is 2.50. The SMILES string of the molecule is C=C(C)C(=O)O.N#CCCCCCCOc1ccccc1-c1ccccc1. The fraction of sp³-hybridized carbons (Fsp3) is 0.304. The van der Waals surface area contributed by atoms with E-state index in [9.17, 15) is 4.79 Å². The lowest BCUT2D eigenvalue weighted by atomic mass is 10.1. The third-order valence-electron chi connectivity index (χ3n) is 3.78. The molecule has 0 atom stereocenters. The lowest BCUT2D eigenvalue weighted by Crippen LogP contribution is -1.98. The highest BCUT2D eigenvalue weighted by molar-refractivity contribution is 5.84. The number of para-hydroxylation sites is 1. The molecule has 4 heteroatoms. The summed E-state index contributed by atoms with van der Waals surface area (Å²) >= 11 is 0. The molecule has 0 heterocycles. The minimum atomic E-state index is -0.935. The highest BCUT2D eigenvalue weighted by Gasteiger charge is 2.04. The number of hydrogen-bond donors (Lipinski definition) is 1. The number of carboxylic acids is 1. The molecular formula is C23H27NO3. The van der Waals surface area contributed by atoms with Crippen LogP contribution in [0.5, 0.6) is 5.75 Å². The molecule has 0 aliphatic rings. The number of nitriles is 1. The van der Waals surface area contributed by atoms with Crippen LogP contribution in [0.4, 0.5) is 0 Å². The second kappa shape index (κ2) is 13.2. The number of nitrogens with zero attached hydrogens (tertiary/aromatic N) is 1. The molecule has 0 spiro atoms. The summed E-state index contributed by atoms with van der Waals surface area (Å²) in [6.07, 6.45) is 4.93. The molecule has 0 saturated carbocycles. The molecule has 0 fully saturated rings. The van der Waals surface area contributed by atoms with Gasteiger partial charge in [0.05, 0.1) is 12.7 Å². The van der Waals surface area contributed by atoms with Gasteiger partial charge in [-0.2, -0.15) is 5.26 Å². The molecule has 0 aliphatic heterocycles. The number of benzene rings is 2. The lowest BCUT2D eigenvalue weighted by molar-refractivity contribution is -0.132. The van der Waals surface area contributed by atoms with Gasteiger partial charge < -0.3 is 9.84 Å². The zero-order chi connectivity index (χ0) is 19.9. The van der Waals surface area contributed by atoms with Crippen molar-refractivity contribution in [1.82, 2.24) is 0 Å². The molecule has 2 rings (SSSR count). The Morgan fingerprint density at radius 3 is 2.26 bits per heavy atom. The van der Waals surface area contributed by atoms with Crippen molar-refractivity contribution in [3.8, 4) is 22.9 Å². The van der Waals surface area contributed by atoms with Gasteiger partial charge in [0, 0.05) is 17.6 Å². The number of rotatable bonds is 9. The first kappa shape index (κ1) is 22.0. The largest absolute Gasteiger partial charge is 0.493 e. The first-order valence-corrected chi connectivity index (χ1v) is 9.09. The van der Waals surface area contributed by atoms with Gasteiger partial charge in [0.1, 0.15) is 5.75 Å². The maximum Gasteiger partial charge on any atom is 0.330 e. The van der Waals surface area contributed by atoms with E-state index in [1.165, 1.54) is 12.5 Å². The molecule has 0 unspecified atom stereocenters. The maximum atomic E-state index is 9.60. The first-order chi connectivity index (χ1) is 13.1. The molecule has 0 aromatic heterocycles. The van der Waals surface area contributed by atoms with Crippen LogP contribution < -0.4 is 4.74 Å². The predicted molar refractivity (Wildman–Crippen MR) is 109 cm³/mol. The Bertz CT molecular complexity index is 736. The quantitative estimate of drug-likeness (QED) is 0.447. The molecule has 4 nitrogen and oxygen atoms in total. The van der Waals surface area contributed by atoms with E-state index in [2.05, 4.69) is 30.8 Å². The van der Waals surface area contributed by atoms with Crippen molar-refractivity contribution < 1.29 is 14.6 Å². The molecule has 2 aromatic rings. The van der Waals surface area contributed by atoms with Crippen molar-refractivity contribution in [2.45, 2.75) is 39.0 Å². The van der Waals surface area contributed by atoms with Gasteiger partial charge in [-0.25, -0.2) is 4.79 Å². The monoisotopic (exact) mass is 365 g/mol. The van der Waals surface area contributed by atoms with Crippen molar-refractivity contribution in [2.75, 3.05) is 6.61 Å². The molecule has 0 radical (unpaired) electrons. The van der Waals surface area contributed by atoms with Crippen molar-refractivity contribution in [3.63, 3.8) is 0 Å². The highest BCUT2D eigenvalue weighted by Crippen LogP contribution is 2.29. The minimum Gasteiger partial charge on any atom is -0.493 e. The van der Waals surface area contributed by atoms with Crippen LogP contribution in [0.25, 0.3) is 11.1 Å². The Hall–Kier alpha value is -3.06. The van der Waals surface area contributed by atoms with Crippen LogP contribution in [0, 0.1) is 11.3 Å². The summed E-state index contributed by atoms with van der Waals surface area (Å²) in [4.78, 5) is 9.60. The molecule has 0 amide bonds. The Labute approximate surface area is 161 Å². The van der Waals surface area contributed by atoms with Gasteiger partial charge in [-0.1, -0.05) is 68.0 Å². The fourth-order valence-electron chi connectivity index (χ4n) is 2.29. The molecule has 0 aliphatic carbocycles. The zero-order valence-corrected chi connectivity index (χ0v) is 15.9. The van der Waals surface area contributed by atoms with E-state index < -0.39 is 5.97 Å². The van der Waals surface area contributed by atoms with E-state index in [1.807, 2.05) is 36.4 Å². The Morgan fingerprint density at radius 1 is 1.04 bits per heavy atom. The third kappa shape index (κ3) is 9.27. The molecule has 0 saturated heterocycles. The number of ether oxygens (including phenoxy) is 1. The minimum absolute atomic E-state index is 0.176. The molecule has 1 N–H and O–H groups in total. The van der Waals surface area contributed by atoms with Crippen LogP contribution in [-0.4, -0.2) is 17.7 Å². The van der Waals surface area contributed by atoms with Crippen LogP contribution in [-0.2, 0) is 4.79 Å². The maximum absolute atomic E-state index is 9.60. The fourth-order valence-corrected chi connectivity index (χ4v) is 2.29. The number of aliphatic carboxylic acids is 1. The number of carboxylic acid groups (broad SMARTS) is 1. The van der Waals surface area contributed by atoms with E-state index in [0.717, 1.165) is 43.6 Å². The Kier molecular flexibility index (Phi) is 10.7. The summed E-state index contributed by atoms with van der Waals surface area (Å²) < 4.78 is 5.93. The average Bonchev–Trinajstić information content (AvgIpc) is 2.69. The number of hydrogen-bond acceptors (Lipinski definition) is 3. The number of carbonyl (C=O) groups is 1. The standard InChI is InChI=1S/C19H21NO.C4H6O2/c20-15-9-2-1-3-10-16-21-19-14-8-7-13-18(19)17-11-5-4-6-12-17;1-3(2)4(5)6/h4-8,11-14H,1-3,9-10,16H2;1H2,2H3,(H,5,6). The van der Waals surface area contributed by atoms with E-state index >= 15 is 0 Å². The van der Waals surface area contributed by atoms with Crippen LogP contribution in [0.2, 0.25) is 0 Å². The van der Waals surface area contributed by atoms with Crippen LogP contribution in [0.3, 0.4) is 0 Å².